The second-order valence-electron chi connectivity index (χ2n) is 5.16. The maximum Gasteiger partial charge on any atom is 0.317 e. The number of carboxylic acid groups (broad SMARTS) is 1. The van der Waals surface area contributed by atoms with Crippen molar-refractivity contribution in [3.8, 4) is 0 Å². The van der Waals surface area contributed by atoms with Crippen LogP contribution in [0.1, 0.15) is 41.0 Å². The summed E-state index contributed by atoms with van der Waals surface area (Å²) in [7, 11) is 0. The van der Waals surface area contributed by atoms with E-state index in [2.05, 4.69) is 5.32 Å². The molecule has 0 aromatic carbocycles. The van der Waals surface area contributed by atoms with Gasteiger partial charge in [-0.25, -0.2) is 0 Å². The van der Waals surface area contributed by atoms with Crippen LogP contribution in [0.15, 0.2) is 0 Å². The summed E-state index contributed by atoms with van der Waals surface area (Å²) in [6.45, 7) is 9.98. The lowest BCUT2D eigenvalue weighted by Crippen LogP contribution is -2.47. The third-order valence-corrected chi connectivity index (χ3v) is 3.29. The van der Waals surface area contributed by atoms with Gasteiger partial charge in [-0.1, -0.05) is 20.8 Å². The molecule has 0 saturated carbocycles. The zero-order chi connectivity index (χ0) is 14.3. The summed E-state index contributed by atoms with van der Waals surface area (Å²) in [4.78, 5) is 24.3. The second-order valence-corrected chi connectivity index (χ2v) is 5.16. The summed E-state index contributed by atoms with van der Waals surface area (Å²) in [5, 5.41) is 11.7. The molecule has 0 aliphatic carbocycles. The van der Waals surface area contributed by atoms with Crippen molar-refractivity contribution in [3.63, 3.8) is 0 Å². The summed E-state index contributed by atoms with van der Waals surface area (Å²) >= 11 is 0. The zero-order valence-corrected chi connectivity index (χ0v) is 12.1. The van der Waals surface area contributed by atoms with Crippen molar-refractivity contribution < 1.29 is 14.7 Å². The Morgan fingerprint density at radius 1 is 1.17 bits per heavy atom. The Bertz CT molecular complexity index is 279. The molecule has 0 aliphatic rings. The highest BCUT2D eigenvalue weighted by molar-refractivity contribution is 5.79. The topological polar surface area (TPSA) is 69.6 Å². The van der Waals surface area contributed by atoms with Crippen molar-refractivity contribution in [1.29, 1.82) is 0 Å². The second kappa shape index (κ2) is 8.08. The van der Waals surface area contributed by atoms with Gasteiger partial charge in [0.1, 0.15) is 0 Å². The van der Waals surface area contributed by atoms with Crippen LogP contribution >= 0.6 is 0 Å². The Labute approximate surface area is 110 Å². The molecule has 2 atom stereocenters. The highest BCUT2D eigenvalue weighted by Crippen LogP contribution is 2.04. The van der Waals surface area contributed by atoms with Gasteiger partial charge in [-0.05, 0) is 26.2 Å². The monoisotopic (exact) mass is 258 g/mol. The zero-order valence-electron chi connectivity index (χ0n) is 12.1. The van der Waals surface area contributed by atoms with Crippen LogP contribution in [0.2, 0.25) is 0 Å². The maximum absolute atomic E-state index is 11.8. The molecule has 106 valence electrons. The van der Waals surface area contributed by atoms with Crippen molar-refractivity contribution in [3.05, 3.63) is 0 Å². The number of rotatable bonds is 8. The fourth-order valence-electron chi connectivity index (χ4n) is 1.45. The molecule has 5 heteroatoms. The quantitative estimate of drug-likeness (QED) is 0.689. The maximum atomic E-state index is 11.8. The molecule has 0 rings (SSSR count). The van der Waals surface area contributed by atoms with Gasteiger partial charge in [0.2, 0.25) is 5.91 Å². The van der Waals surface area contributed by atoms with E-state index in [0.717, 1.165) is 6.42 Å². The molecule has 0 aliphatic heterocycles. The third-order valence-electron chi connectivity index (χ3n) is 3.29. The van der Waals surface area contributed by atoms with E-state index in [1.54, 1.807) is 4.90 Å². The van der Waals surface area contributed by atoms with E-state index < -0.39 is 5.97 Å². The van der Waals surface area contributed by atoms with Crippen LogP contribution in [0.3, 0.4) is 0 Å². The van der Waals surface area contributed by atoms with Crippen molar-refractivity contribution in [2.45, 2.75) is 53.1 Å². The van der Waals surface area contributed by atoms with Gasteiger partial charge in [0.15, 0.2) is 0 Å². The van der Waals surface area contributed by atoms with Crippen molar-refractivity contribution in [2.75, 3.05) is 13.1 Å². The minimum atomic E-state index is -0.903. The van der Waals surface area contributed by atoms with E-state index in [9.17, 15) is 9.59 Å². The Balaban J connectivity index is 4.39. The van der Waals surface area contributed by atoms with Gasteiger partial charge in [0.05, 0.1) is 13.1 Å². The summed E-state index contributed by atoms with van der Waals surface area (Å²) in [6, 6.07) is 0.183. The number of hydrogen-bond acceptors (Lipinski definition) is 3. The molecule has 1 amide bonds. The SMILES string of the molecule is CCC(C)N(CC(=O)O)CC(=O)NC(C)C(C)C. The van der Waals surface area contributed by atoms with Gasteiger partial charge in [-0.2, -0.15) is 0 Å². The first-order valence-corrected chi connectivity index (χ1v) is 6.53. The summed E-state index contributed by atoms with van der Waals surface area (Å²) < 4.78 is 0. The molecule has 0 spiro atoms. The smallest absolute Gasteiger partial charge is 0.317 e. The number of nitrogens with one attached hydrogen (secondary N) is 1. The fourth-order valence-corrected chi connectivity index (χ4v) is 1.45. The third kappa shape index (κ3) is 6.59. The number of aliphatic carboxylic acids is 1. The van der Waals surface area contributed by atoms with Gasteiger partial charge in [0, 0.05) is 12.1 Å². The molecular formula is C13H26N2O3. The lowest BCUT2D eigenvalue weighted by Gasteiger charge is -2.27. The molecule has 0 fully saturated rings. The number of carboxylic acids is 1. The van der Waals surface area contributed by atoms with Crippen molar-refractivity contribution >= 4 is 11.9 Å². The van der Waals surface area contributed by atoms with Crippen LogP contribution in [-0.4, -0.2) is 47.1 Å². The summed E-state index contributed by atoms with van der Waals surface area (Å²) in [5.74, 6) is -0.650. The van der Waals surface area contributed by atoms with E-state index >= 15 is 0 Å². The normalized spacial score (nSPS) is 14.6. The minimum Gasteiger partial charge on any atom is -0.480 e. The Kier molecular flexibility index (Phi) is 7.59. The largest absolute Gasteiger partial charge is 0.480 e. The Hall–Kier alpha value is -1.10. The van der Waals surface area contributed by atoms with Crippen LogP contribution in [0.25, 0.3) is 0 Å². The van der Waals surface area contributed by atoms with Gasteiger partial charge in [-0.15, -0.1) is 0 Å². The first-order valence-electron chi connectivity index (χ1n) is 6.53. The molecule has 0 aromatic heterocycles. The number of amides is 1. The standard InChI is InChI=1S/C13H26N2O3/c1-6-10(4)15(8-13(17)18)7-12(16)14-11(5)9(2)3/h9-11H,6-8H2,1-5H3,(H,14,16)(H,17,18). The molecule has 0 heterocycles. The average molecular weight is 258 g/mol. The van der Waals surface area contributed by atoms with E-state index in [-0.39, 0.29) is 31.1 Å². The molecule has 18 heavy (non-hydrogen) atoms. The van der Waals surface area contributed by atoms with Crippen molar-refractivity contribution in [2.24, 2.45) is 5.92 Å². The van der Waals surface area contributed by atoms with Crippen LogP contribution < -0.4 is 5.32 Å². The first-order chi connectivity index (χ1) is 8.27. The highest BCUT2D eigenvalue weighted by Gasteiger charge is 2.20. The molecule has 2 unspecified atom stereocenters. The van der Waals surface area contributed by atoms with Crippen LogP contribution in [0, 0.1) is 5.92 Å². The molecule has 0 saturated heterocycles. The number of carbonyl (C=O) groups excluding carboxylic acids is 1. The van der Waals surface area contributed by atoms with Gasteiger partial charge < -0.3 is 10.4 Å². The summed E-state index contributed by atoms with van der Waals surface area (Å²) in [6.07, 6.45) is 0.820. The summed E-state index contributed by atoms with van der Waals surface area (Å²) in [5.41, 5.74) is 0. The lowest BCUT2D eigenvalue weighted by molar-refractivity contribution is -0.139. The van der Waals surface area contributed by atoms with E-state index in [4.69, 9.17) is 5.11 Å². The number of hydrogen-bond donors (Lipinski definition) is 2. The number of nitrogens with zero attached hydrogens (tertiary/aromatic N) is 1. The van der Waals surface area contributed by atoms with E-state index in [1.807, 2.05) is 34.6 Å². The predicted molar refractivity (Wildman–Crippen MR) is 71.4 cm³/mol. The first kappa shape index (κ1) is 16.9. The fraction of sp³-hybridized carbons (Fsp3) is 0.846. The van der Waals surface area contributed by atoms with Gasteiger partial charge >= 0.3 is 5.97 Å². The van der Waals surface area contributed by atoms with Crippen LogP contribution in [-0.2, 0) is 9.59 Å². The van der Waals surface area contributed by atoms with Gasteiger partial charge in [0.25, 0.3) is 0 Å². The van der Waals surface area contributed by atoms with E-state index in [0.29, 0.717) is 5.92 Å². The van der Waals surface area contributed by atoms with Gasteiger partial charge in [-0.3, -0.25) is 14.5 Å². The average Bonchev–Trinajstić information content (AvgIpc) is 2.26. The molecule has 0 bridgehead atoms. The molecule has 0 aromatic rings. The molecule has 0 radical (unpaired) electrons. The molecule has 2 N–H and O–H groups in total. The lowest BCUT2D eigenvalue weighted by atomic mass is 10.1. The van der Waals surface area contributed by atoms with E-state index in [1.165, 1.54) is 0 Å². The van der Waals surface area contributed by atoms with Crippen LogP contribution in [0.4, 0.5) is 0 Å². The number of carbonyl (C=O) groups is 2. The Morgan fingerprint density at radius 3 is 2.11 bits per heavy atom. The molecular weight excluding hydrogens is 232 g/mol. The van der Waals surface area contributed by atoms with Crippen LogP contribution in [0.5, 0.6) is 0 Å². The Morgan fingerprint density at radius 2 is 1.72 bits per heavy atom. The minimum absolute atomic E-state index is 0.0845. The van der Waals surface area contributed by atoms with Crippen molar-refractivity contribution in [1.82, 2.24) is 10.2 Å². The predicted octanol–water partition coefficient (Wildman–Crippen LogP) is 1.33. The highest BCUT2D eigenvalue weighted by atomic mass is 16.4. The molecule has 5 nitrogen and oxygen atoms in total.